The van der Waals surface area contributed by atoms with E-state index < -0.39 is 5.97 Å². The highest BCUT2D eigenvalue weighted by atomic mass is 19.1. The maximum Gasteiger partial charge on any atom is 0.336 e. The monoisotopic (exact) mass is 259 g/mol. The number of benzene rings is 1. The summed E-state index contributed by atoms with van der Waals surface area (Å²) in [5.41, 5.74) is 1.93. The fourth-order valence-electron chi connectivity index (χ4n) is 2.04. The summed E-state index contributed by atoms with van der Waals surface area (Å²) < 4.78 is 12.9. The third-order valence-corrected chi connectivity index (χ3v) is 3.10. The van der Waals surface area contributed by atoms with E-state index in [-0.39, 0.29) is 17.3 Å². The van der Waals surface area contributed by atoms with E-state index in [9.17, 15) is 9.18 Å². The number of carboxylic acids is 1. The minimum atomic E-state index is -0.955. The molecule has 0 aliphatic rings. The summed E-state index contributed by atoms with van der Waals surface area (Å²) >= 11 is 0. The van der Waals surface area contributed by atoms with Crippen LogP contribution in [0.2, 0.25) is 0 Å². The zero-order valence-corrected chi connectivity index (χ0v) is 10.5. The standard InChI is InChI=1S/C15H14FNO2/c1-10(11-2-4-13(16)5-3-11)8-12-9-17-7-6-14(12)15(18)19/h2-7,9-10H,8H2,1H3,(H,18,19)/t10-/m1/s1. The fourth-order valence-corrected chi connectivity index (χ4v) is 2.04. The van der Waals surface area contributed by atoms with Gasteiger partial charge in [0.1, 0.15) is 5.82 Å². The normalized spacial score (nSPS) is 12.1. The van der Waals surface area contributed by atoms with E-state index in [0.717, 1.165) is 5.56 Å². The SMILES string of the molecule is C[C@H](Cc1cnccc1C(=O)O)c1ccc(F)cc1. The molecule has 0 amide bonds. The Kier molecular flexibility index (Phi) is 3.90. The number of carboxylic acid groups (broad SMARTS) is 1. The van der Waals surface area contributed by atoms with Gasteiger partial charge in [-0.05, 0) is 41.7 Å². The molecule has 1 aromatic heterocycles. The second kappa shape index (κ2) is 5.61. The second-order valence-electron chi connectivity index (χ2n) is 4.49. The maximum absolute atomic E-state index is 12.9. The van der Waals surface area contributed by atoms with Crippen LogP contribution in [0.25, 0.3) is 0 Å². The molecular weight excluding hydrogens is 245 g/mol. The molecule has 1 atom stereocenters. The second-order valence-corrected chi connectivity index (χ2v) is 4.49. The minimum absolute atomic E-state index is 0.0999. The van der Waals surface area contributed by atoms with Crippen LogP contribution in [0.5, 0.6) is 0 Å². The van der Waals surface area contributed by atoms with E-state index in [4.69, 9.17) is 5.11 Å². The minimum Gasteiger partial charge on any atom is -0.478 e. The van der Waals surface area contributed by atoms with Crippen molar-refractivity contribution in [3.05, 3.63) is 65.2 Å². The number of rotatable bonds is 4. The highest BCUT2D eigenvalue weighted by molar-refractivity contribution is 5.89. The van der Waals surface area contributed by atoms with Crippen LogP contribution >= 0.6 is 0 Å². The predicted molar refractivity (Wildman–Crippen MR) is 69.7 cm³/mol. The molecule has 98 valence electrons. The van der Waals surface area contributed by atoms with Gasteiger partial charge < -0.3 is 5.11 Å². The molecule has 19 heavy (non-hydrogen) atoms. The summed E-state index contributed by atoms with van der Waals surface area (Å²) in [4.78, 5) is 15.1. The average molecular weight is 259 g/mol. The van der Waals surface area contributed by atoms with E-state index in [2.05, 4.69) is 4.98 Å². The molecule has 1 N–H and O–H groups in total. The molecule has 0 spiro atoms. The van der Waals surface area contributed by atoms with E-state index in [1.54, 1.807) is 18.3 Å². The van der Waals surface area contributed by atoms with E-state index in [0.29, 0.717) is 12.0 Å². The van der Waals surface area contributed by atoms with Crippen molar-refractivity contribution in [2.75, 3.05) is 0 Å². The van der Waals surface area contributed by atoms with Crippen molar-refractivity contribution in [3.8, 4) is 0 Å². The lowest BCUT2D eigenvalue weighted by Gasteiger charge is -2.13. The van der Waals surface area contributed by atoms with Crippen molar-refractivity contribution in [2.24, 2.45) is 0 Å². The summed E-state index contributed by atoms with van der Waals surface area (Å²) in [7, 11) is 0. The first-order valence-electron chi connectivity index (χ1n) is 5.99. The Bertz CT molecular complexity index is 581. The average Bonchev–Trinajstić information content (AvgIpc) is 2.39. The Morgan fingerprint density at radius 2 is 2.00 bits per heavy atom. The van der Waals surface area contributed by atoms with Crippen molar-refractivity contribution in [1.82, 2.24) is 4.98 Å². The van der Waals surface area contributed by atoms with Gasteiger partial charge in [0, 0.05) is 12.4 Å². The molecule has 1 heterocycles. The summed E-state index contributed by atoms with van der Waals surface area (Å²) in [6.07, 6.45) is 3.60. The van der Waals surface area contributed by atoms with Crippen molar-refractivity contribution >= 4 is 5.97 Å². The number of hydrogen-bond donors (Lipinski definition) is 1. The van der Waals surface area contributed by atoms with E-state index in [1.165, 1.54) is 24.4 Å². The third-order valence-electron chi connectivity index (χ3n) is 3.10. The molecule has 2 aromatic rings. The van der Waals surface area contributed by atoms with Crippen LogP contribution in [0, 0.1) is 5.82 Å². The van der Waals surface area contributed by atoms with Gasteiger partial charge in [0.05, 0.1) is 5.56 Å². The molecule has 4 heteroatoms. The number of nitrogens with zero attached hydrogens (tertiary/aromatic N) is 1. The Balaban J connectivity index is 2.21. The van der Waals surface area contributed by atoms with Gasteiger partial charge in [-0.15, -0.1) is 0 Å². The first-order valence-corrected chi connectivity index (χ1v) is 5.99. The molecule has 1 aromatic carbocycles. The number of halogens is 1. The molecule has 0 aliphatic carbocycles. The van der Waals surface area contributed by atoms with Crippen LogP contribution in [-0.2, 0) is 6.42 Å². The third kappa shape index (κ3) is 3.16. The Morgan fingerprint density at radius 1 is 1.32 bits per heavy atom. The van der Waals surface area contributed by atoms with Crippen LogP contribution in [0.1, 0.15) is 34.3 Å². The fraction of sp³-hybridized carbons (Fsp3) is 0.200. The summed E-state index contributed by atoms with van der Waals surface area (Å²) in [5.74, 6) is -1.13. The molecule has 0 saturated heterocycles. The first kappa shape index (κ1) is 13.2. The molecule has 0 aliphatic heterocycles. The van der Waals surface area contributed by atoms with Crippen LogP contribution in [-0.4, -0.2) is 16.1 Å². The molecule has 0 radical (unpaired) electrons. The van der Waals surface area contributed by atoms with Gasteiger partial charge in [0.25, 0.3) is 0 Å². The van der Waals surface area contributed by atoms with E-state index in [1.807, 2.05) is 6.92 Å². The topological polar surface area (TPSA) is 50.2 Å². The van der Waals surface area contributed by atoms with Gasteiger partial charge in [0.15, 0.2) is 0 Å². The summed E-state index contributed by atoms with van der Waals surface area (Å²) in [5, 5.41) is 9.11. The Morgan fingerprint density at radius 3 is 2.63 bits per heavy atom. The highest BCUT2D eigenvalue weighted by Gasteiger charge is 2.13. The number of aromatic nitrogens is 1. The lowest BCUT2D eigenvalue weighted by Crippen LogP contribution is -2.06. The lowest BCUT2D eigenvalue weighted by atomic mass is 9.92. The van der Waals surface area contributed by atoms with Gasteiger partial charge in [-0.25, -0.2) is 9.18 Å². The Hall–Kier alpha value is -2.23. The van der Waals surface area contributed by atoms with Crippen molar-refractivity contribution in [3.63, 3.8) is 0 Å². The zero-order valence-electron chi connectivity index (χ0n) is 10.5. The van der Waals surface area contributed by atoms with Crippen LogP contribution in [0.4, 0.5) is 4.39 Å². The maximum atomic E-state index is 12.9. The predicted octanol–water partition coefficient (Wildman–Crippen LogP) is 3.27. The number of pyridine rings is 1. The van der Waals surface area contributed by atoms with Crippen molar-refractivity contribution < 1.29 is 14.3 Å². The van der Waals surface area contributed by atoms with Crippen molar-refractivity contribution in [2.45, 2.75) is 19.3 Å². The number of carbonyl (C=O) groups is 1. The molecule has 0 unspecified atom stereocenters. The van der Waals surface area contributed by atoms with E-state index >= 15 is 0 Å². The number of hydrogen-bond acceptors (Lipinski definition) is 2. The zero-order chi connectivity index (χ0) is 13.8. The highest BCUT2D eigenvalue weighted by Crippen LogP contribution is 2.22. The van der Waals surface area contributed by atoms with Crippen LogP contribution in [0.3, 0.4) is 0 Å². The van der Waals surface area contributed by atoms with Gasteiger partial charge in [-0.2, -0.15) is 0 Å². The quantitative estimate of drug-likeness (QED) is 0.916. The van der Waals surface area contributed by atoms with Crippen LogP contribution < -0.4 is 0 Å². The van der Waals surface area contributed by atoms with Crippen LogP contribution in [0.15, 0.2) is 42.7 Å². The summed E-state index contributed by atoms with van der Waals surface area (Å²) in [6, 6.07) is 7.75. The lowest BCUT2D eigenvalue weighted by molar-refractivity contribution is 0.0695. The molecule has 3 nitrogen and oxygen atoms in total. The summed E-state index contributed by atoms with van der Waals surface area (Å²) in [6.45, 7) is 1.98. The largest absolute Gasteiger partial charge is 0.478 e. The molecule has 0 saturated carbocycles. The Labute approximate surface area is 110 Å². The molecule has 0 fully saturated rings. The molecule has 0 bridgehead atoms. The van der Waals surface area contributed by atoms with Crippen molar-refractivity contribution in [1.29, 1.82) is 0 Å². The van der Waals surface area contributed by atoms with Gasteiger partial charge >= 0.3 is 5.97 Å². The van der Waals surface area contributed by atoms with Gasteiger partial charge in [-0.3, -0.25) is 4.98 Å². The van der Waals surface area contributed by atoms with Gasteiger partial charge in [0.2, 0.25) is 0 Å². The smallest absolute Gasteiger partial charge is 0.336 e. The van der Waals surface area contributed by atoms with Gasteiger partial charge in [-0.1, -0.05) is 19.1 Å². The number of aromatic carboxylic acids is 1. The molecular formula is C15H14FNO2. The first-order chi connectivity index (χ1) is 9.08. The molecule has 2 rings (SSSR count).